The molecule has 0 radical (unpaired) electrons. The van der Waals surface area contributed by atoms with Gasteiger partial charge in [0.1, 0.15) is 17.1 Å². The number of furan rings is 2. The molecule has 0 unspecified atom stereocenters. The lowest BCUT2D eigenvalue weighted by Gasteiger charge is -2.01. The second-order valence-corrected chi connectivity index (χ2v) is 5.15. The molecule has 0 spiro atoms. The van der Waals surface area contributed by atoms with Gasteiger partial charge in [0.2, 0.25) is 0 Å². The Balaban J connectivity index is 2.04. The van der Waals surface area contributed by atoms with Crippen molar-refractivity contribution in [3.05, 3.63) is 72.5 Å². The summed E-state index contributed by atoms with van der Waals surface area (Å²) in [5, 5.41) is 1.07. The average molecular weight is 274 g/mol. The van der Waals surface area contributed by atoms with E-state index in [9.17, 15) is 0 Å². The van der Waals surface area contributed by atoms with Crippen LogP contribution in [0.1, 0.15) is 5.56 Å². The molecule has 2 aromatic heterocycles. The Kier molecular flexibility index (Phi) is 2.68. The Labute approximate surface area is 122 Å². The van der Waals surface area contributed by atoms with Crippen molar-refractivity contribution in [1.82, 2.24) is 0 Å². The molecule has 0 N–H and O–H groups in total. The highest BCUT2D eigenvalue weighted by Gasteiger charge is 2.18. The van der Waals surface area contributed by atoms with Gasteiger partial charge in [-0.25, -0.2) is 0 Å². The predicted octanol–water partition coefficient (Wildman–Crippen LogP) is 5.67. The molecule has 0 saturated heterocycles. The first-order valence-electron chi connectivity index (χ1n) is 6.95. The number of fused-ring (bicyclic) bond motifs is 1. The molecule has 0 amide bonds. The molecule has 2 aromatic carbocycles. The minimum atomic E-state index is 0.829. The normalized spacial score (nSPS) is 11.1. The average Bonchev–Trinajstić information content (AvgIpc) is 3.14. The smallest absolute Gasteiger partial charge is 0.146 e. The Morgan fingerprint density at radius 1 is 0.810 bits per heavy atom. The summed E-state index contributed by atoms with van der Waals surface area (Å²) in [6, 6.07) is 20.3. The fourth-order valence-electron chi connectivity index (χ4n) is 2.62. The van der Waals surface area contributed by atoms with Gasteiger partial charge in [0.25, 0.3) is 0 Å². The third-order valence-electron chi connectivity index (χ3n) is 3.68. The van der Waals surface area contributed by atoms with Crippen molar-refractivity contribution in [2.24, 2.45) is 0 Å². The molecule has 0 saturated carbocycles. The van der Waals surface area contributed by atoms with Gasteiger partial charge >= 0.3 is 0 Å². The van der Waals surface area contributed by atoms with E-state index < -0.39 is 0 Å². The van der Waals surface area contributed by atoms with Crippen LogP contribution in [0, 0.1) is 6.92 Å². The van der Waals surface area contributed by atoms with Crippen molar-refractivity contribution in [3.63, 3.8) is 0 Å². The predicted molar refractivity (Wildman–Crippen MR) is 84.1 cm³/mol. The minimum Gasteiger partial charge on any atom is -0.464 e. The van der Waals surface area contributed by atoms with Crippen LogP contribution in [0.3, 0.4) is 0 Å². The SMILES string of the molecule is Cc1ccc(-c2oc3ccccc3c2-c2ccco2)cc1. The molecule has 4 rings (SSSR count). The van der Waals surface area contributed by atoms with Gasteiger partial charge in [0, 0.05) is 10.9 Å². The summed E-state index contributed by atoms with van der Waals surface area (Å²) in [7, 11) is 0. The highest BCUT2D eigenvalue weighted by Crippen LogP contribution is 2.40. The number of hydrogen-bond donors (Lipinski definition) is 0. The van der Waals surface area contributed by atoms with Gasteiger partial charge in [0.05, 0.1) is 11.8 Å². The fourth-order valence-corrected chi connectivity index (χ4v) is 2.62. The van der Waals surface area contributed by atoms with E-state index in [-0.39, 0.29) is 0 Å². The van der Waals surface area contributed by atoms with Crippen LogP contribution in [0.15, 0.2) is 75.8 Å². The summed E-state index contributed by atoms with van der Waals surface area (Å²) < 4.78 is 11.7. The first-order chi connectivity index (χ1) is 10.3. The largest absolute Gasteiger partial charge is 0.464 e. The van der Waals surface area contributed by atoms with Crippen LogP contribution in [0.4, 0.5) is 0 Å². The lowest BCUT2D eigenvalue weighted by atomic mass is 10.0. The number of benzene rings is 2. The molecular weight excluding hydrogens is 260 g/mol. The number of hydrogen-bond acceptors (Lipinski definition) is 2. The van der Waals surface area contributed by atoms with E-state index in [2.05, 4.69) is 37.3 Å². The molecule has 21 heavy (non-hydrogen) atoms. The highest BCUT2D eigenvalue weighted by molar-refractivity contribution is 6.00. The Morgan fingerprint density at radius 2 is 1.62 bits per heavy atom. The van der Waals surface area contributed by atoms with Crippen molar-refractivity contribution in [2.45, 2.75) is 6.92 Å². The van der Waals surface area contributed by atoms with Crippen molar-refractivity contribution in [1.29, 1.82) is 0 Å². The summed E-state index contributed by atoms with van der Waals surface area (Å²) in [4.78, 5) is 0. The molecule has 2 heterocycles. The zero-order valence-electron chi connectivity index (χ0n) is 11.7. The summed E-state index contributed by atoms with van der Waals surface area (Å²) in [5.74, 6) is 1.68. The maximum absolute atomic E-state index is 6.09. The van der Waals surface area contributed by atoms with Crippen LogP contribution in [-0.4, -0.2) is 0 Å². The molecule has 0 aliphatic carbocycles. The summed E-state index contributed by atoms with van der Waals surface area (Å²) >= 11 is 0. The van der Waals surface area contributed by atoms with Gasteiger partial charge in [-0.2, -0.15) is 0 Å². The van der Waals surface area contributed by atoms with Crippen LogP contribution < -0.4 is 0 Å². The van der Waals surface area contributed by atoms with E-state index in [0.29, 0.717) is 0 Å². The van der Waals surface area contributed by atoms with E-state index >= 15 is 0 Å². The number of aryl methyl sites for hydroxylation is 1. The quantitative estimate of drug-likeness (QED) is 0.471. The maximum atomic E-state index is 6.09. The van der Waals surface area contributed by atoms with Crippen LogP contribution in [0.2, 0.25) is 0 Å². The molecule has 0 bridgehead atoms. The van der Waals surface area contributed by atoms with Crippen molar-refractivity contribution >= 4 is 11.0 Å². The molecular formula is C19H14O2. The van der Waals surface area contributed by atoms with Gasteiger partial charge in [-0.3, -0.25) is 0 Å². The van der Waals surface area contributed by atoms with Crippen LogP contribution >= 0.6 is 0 Å². The van der Waals surface area contributed by atoms with E-state index in [4.69, 9.17) is 8.83 Å². The molecule has 0 aliphatic rings. The minimum absolute atomic E-state index is 0.829. The molecule has 0 fully saturated rings. The lowest BCUT2D eigenvalue weighted by molar-refractivity contribution is 0.579. The molecule has 2 nitrogen and oxygen atoms in total. The monoisotopic (exact) mass is 274 g/mol. The van der Waals surface area contributed by atoms with E-state index in [1.54, 1.807) is 6.26 Å². The Bertz CT molecular complexity index is 881. The zero-order valence-corrected chi connectivity index (χ0v) is 11.7. The third-order valence-corrected chi connectivity index (χ3v) is 3.68. The number of para-hydroxylation sites is 1. The Hall–Kier alpha value is -2.74. The fraction of sp³-hybridized carbons (Fsp3) is 0.0526. The van der Waals surface area contributed by atoms with Crippen LogP contribution in [0.25, 0.3) is 33.6 Å². The van der Waals surface area contributed by atoms with Gasteiger partial charge in [-0.1, -0.05) is 48.0 Å². The zero-order chi connectivity index (χ0) is 14.2. The first-order valence-corrected chi connectivity index (χ1v) is 6.95. The molecule has 0 atom stereocenters. The van der Waals surface area contributed by atoms with Gasteiger partial charge < -0.3 is 8.83 Å². The second-order valence-electron chi connectivity index (χ2n) is 5.15. The van der Waals surface area contributed by atoms with E-state index in [0.717, 1.165) is 33.6 Å². The van der Waals surface area contributed by atoms with Gasteiger partial charge in [-0.15, -0.1) is 0 Å². The number of rotatable bonds is 2. The second kappa shape index (κ2) is 4.67. The molecule has 0 aliphatic heterocycles. The van der Waals surface area contributed by atoms with Crippen LogP contribution in [-0.2, 0) is 0 Å². The van der Waals surface area contributed by atoms with Crippen molar-refractivity contribution in [3.8, 4) is 22.6 Å². The third kappa shape index (κ3) is 1.96. The molecule has 102 valence electrons. The summed E-state index contributed by atoms with van der Waals surface area (Å²) in [6.45, 7) is 2.08. The molecule has 4 aromatic rings. The highest BCUT2D eigenvalue weighted by atomic mass is 16.3. The van der Waals surface area contributed by atoms with E-state index in [1.807, 2.05) is 30.3 Å². The Morgan fingerprint density at radius 3 is 2.38 bits per heavy atom. The van der Waals surface area contributed by atoms with Gasteiger partial charge in [0.15, 0.2) is 0 Å². The van der Waals surface area contributed by atoms with Crippen molar-refractivity contribution < 1.29 is 8.83 Å². The van der Waals surface area contributed by atoms with Gasteiger partial charge in [-0.05, 0) is 25.1 Å². The van der Waals surface area contributed by atoms with Crippen LogP contribution in [0.5, 0.6) is 0 Å². The summed E-state index contributed by atoms with van der Waals surface area (Å²) in [6.07, 6.45) is 1.69. The first kappa shape index (κ1) is 12.0. The van der Waals surface area contributed by atoms with E-state index in [1.165, 1.54) is 5.56 Å². The summed E-state index contributed by atoms with van der Waals surface area (Å²) in [5.41, 5.74) is 4.18. The maximum Gasteiger partial charge on any atom is 0.146 e. The van der Waals surface area contributed by atoms with Crippen molar-refractivity contribution in [2.75, 3.05) is 0 Å². The lowest BCUT2D eigenvalue weighted by Crippen LogP contribution is -1.79. The topological polar surface area (TPSA) is 26.3 Å². The standard InChI is InChI=1S/C19H14O2/c1-13-8-10-14(11-9-13)19-18(17-7-4-12-20-17)15-5-2-3-6-16(15)21-19/h2-12H,1H3. The molecule has 2 heteroatoms.